The van der Waals surface area contributed by atoms with Gasteiger partial charge in [0, 0.05) is 29.9 Å². The molecule has 1 amide bonds. The van der Waals surface area contributed by atoms with Crippen LogP contribution in [0.2, 0.25) is 0 Å². The number of nitrogens with one attached hydrogen (secondary N) is 2. The predicted molar refractivity (Wildman–Crippen MR) is 164 cm³/mol. The highest BCUT2D eigenvalue weighted by atomic mass is 32.2. The molecule has 4 aromatic rings. The van der Waals surface area contributed by atoms with Crippen molar-refractivity contribution in [2.45, 2.75) is 60.6 Å². The summed E-state index contributed by atoms with van der Waals surface area (Å²) in [6, 6.07) is 15.8. The summed E-state index contributed by atoms with van der Waals surface area (Å²) in [5.74, 6) is -0.437. The molecule has 10 heteroatoms. The van der Waals surface area contributed by atoms with Crippen LogP contribution in [0, 0.1) is 12.7 Å². The van der Waals surface area contributed by atoms with Crippen LogP contribution in [0.1, 0.15) is 55.2 Å². The van der Waals surface area contributed by atoms with Crippen LogP contribution in [0.3, 0.4) is 0 Å². The van der Waals surface area contributed by atoms with Crippen LogP contribution < -0.4 is 10.6 Å². The molecule has 5 rings (SSSR count). The number of rotatable bonds is 8. The van der Waals surface area contributed by atoms with E-state index in [-0.39, 0.29) is 16.6 Å². The Morgan fingerprint density at radius 1 is 1.07 bits per heavy atom. The van der Waals surface area contributed by atoms with Crippen molar-refractivity contribution in [1.82, 2.24) is 25.2 Å². The van der Waals surface area contributed by atoms with Crippen LogP contribution in [0.15, 0.2) is 76.2 Å². The van der Waals surface area contributed by atoms with Gasteiger partial charge in [-0.2, -0.15) is 0 Å². The van der Waals surface area contributed by atoms with Crippen LogP contribution in [0.5, 0.6) is 0 Å². The Morgan fingerprint density at radius 2 is 1.80 bits per heavy atom. The van der Waals surface area contributed by atoms with Gasteiger partial charge in [0.25, 0.3) is 5.91 Å². The number of aryl methyl sites for hydroxylation is 1. The molecule has 0 spiro atoms. The van der Waals surface area contributed by atoms with Gasteiger partial charge >= 0.3 is 0 Å². The number of hydrogen-bond donors (Lipinski definition) is 2. The van der Waals surface area contributed by atoms with Crippen LogP contribution in [-0.4, -0.2) is 50.9 Å². The number of aromatic nitrogens is 3. The van der Waals surface area contributed by atoms with Crippen molar-refractivity contribution < 1.29 is 9.18 Å². The maximum atomic E-state index is 15.6. The minimum atomic E-state index is -0.630. The highest BCUT2D eigenvalue weighted by molar-refractivity contribution is 8.01. The van der Waals surface area contributed by atoms with Gasteiger partial charge in [-0.3, -0.25) is 9.69 Å². The lowest BCUT2D eigenvalue weighted by Gasteiger charge is -2.47. The standard InChI is InChI=1S/C31H35FN6OS2/c1-21-10-14-33-24(18-21)37-29-35-19-25(41-29)40-23-11-15-34-27(26(23)32)28(39)36-20-31(22-8-6-5-7-9-22)12-16-38(17-13-31)30(2,3)4/h5-11,14-15,18-19H,12-13,16-17,20H2,1-4H3,(H,36,39)(H,33,35,37). The quantitative estimate of drug-likeness (QED) is 0.233. The number of likely N-dealkylation sites (tertiary alicyclic amines) is 1. The monoisotopic (exact) mass is 590 g/mol. The lowest BCUT2D eigenvalue weighted by atomic mass is 9.72. The number of piperidine rings is 1. The van der Waals surface area contributed by atoms with Gasteiger partial charge in [-0.1, -0.05) is 53.4 Å². The number of hydrogen-bond acceptors (Lipinski definition) is 8. The first-order valence-corrected chi connectivity index (χ1v) is 15.3. The molecule has 2 N–H and O–H groups in total. The predicted octanol–water partition coefficient (Wildman–Crippen LogP) is 6.84. The Balaban J connectivity index is 1.28. The van der Waals surface area contributed by atoms with Crippen LogP contribution in [-0.2, 0) is 5.41 Å². The Labute approximate surface area is 249 Å². The number of pyridine rings is 2. The average Bonchev–Trinajstić information content (AvgIpc) is 3.39. The van der Waals surface area contributed by atoms with Gasteiger partial charge in [0.15, 0.2) is 16.6 Å². The Hall–Kier alpha value is -3.34. The van der Waals surface area contributed by atoms with Gasteiger partial charge in [-0.25, -0.2) is 19.3 Å². The zero-order valence-corrected chi connectivity index (χ0v) is 25.4. The smallest absolute Gasteiger partial charge is 0.273 e. The molecule has 0 saturated carbocycles. The summed E-state index contributed by atoms with van der Waals surface area (Å²) in [7, 11) is 0. The van der Waals surface area contributed by atoms with Gasteiger partial charge in [0.1, 0.15) is 5.82 Å². The first-order valence-electron chi connectivity index (χ1n) is 13.7. The number of carbonyl (C=O) groups excluding carboxylic acids is 1. The molecule has 1 aliphatic rings. The van der Waals surface area contributed by atoms with Gasteiger partial charge in [0.05, 0.1) is 15.3 Å². The molecule has 0 radical (unpaired) electrons. The molecule has 41 heavy (non-hydrogen) atoms. The van der Waals surface area contributed by atoms with Crippen molar-refractivity contribution in [1.29, 1.82) is 0 Å². The summed E-state index contributed by atoms with van der Waals surface area (Å²) in [4.78, 5) is 28.9. The lowest BCUT2D eigenvalue weighted by molar-refractivity contribution is 0.0701. The topological polar surface area (TPSA) is 83.0 Å². The zero-order chi connectivity index (χ0) is 29.0. The second kappa shape index (κ2) is 12.3. The van der Waals surface area contributed by atoms with Gasteiger partial charge < -0.3 is 10.6 Å². The fourth-order valence-electron chi connectivity index (χ4n) is 5.15. The van der Waals surface area contributed by atoms with Crippen molar-refractivity contribution in [2.24, 2.45) is 0 Å². The Bertz CT molecular complexity index is 1500. The second-order valence-electron chi connectivity index (χ2n) is 11.4. The number of benzene rings is 1. The van der Waals surface area contributed by atoms with Crippen molar-refractivity contribution >= 4 is 40.0 Å². The highest BCUT2D eigenvalue weighted by Crippen LogP contribution is 2.38. The number of carbonyl (C=O) groups is 1. The van der Waals surface area contributed by atoms with Crippen molar-refractivity contribution in [3.05, 3.63) is 89.8 Å². The van der Waals surface area contributed by atoms with E-state index in [2.05, 4.69) is 63.4 Å². The third kappa shape index (κ3) is 6.94. The minimum absolute atomic E-state index is 0.0869. The molecule has 214 valence electrons. The fraction of sp³-hybridized carbons (Fsp3) is 0.355. The summed E-state index contributed by atoms with van der Waals surface area (Å²) in [6.07, 6.45) is 6.70. The lowest BCUT2D eigenvalue weighted by Crippen LogP contribution is -2.53. The first kappa shape index (κ1) is 29.2. The summed E-state index contributed by atoms with van der Waals surface area (Å²) in [5.41, 5.74) is 1.95. The summed E-state index contributed by atoms with van der Waals surface area (Å²) in [6.45, 7) is 11.0. The maximum absolute atomic E-state index is 15.6. The van der Waals surface area contributed by atoms with Crippen molar-refractivity contribution in [3.63, 3.8) is 0 Å². The van der Waals surface area contributed by atoms with Gasteiger partial charge in [-0.05, 0) is 83.0 Å². The summed E-state index contributed by atoms with van der Waals surface area (Å²) >= 11 is 2.61. The highest BCUT2D eigenvalue weighted by Gasteiger charge is 2.39. The number of nitrogens with zero attached hydrogens (tertiary/aromatic N) is 4. The van der Waals surface area contributed by atoms with E-state index >= 15 is 4.39 Å². The van der Waals surface area contributed by atoms with Crippen LogP contribution >= 0.6 is 23.1 Å². The van der Waals surface area contributed by atoms with E-state index in [4.69, 9.17) is 0 Å². The second-order valence-corrected chi connectivity index (χ2v) is 13.8. The molecule has 1 fully saturated rings. The zero-order valence-electron chi connectivity index (χ0n) is 23.8. The Morgan fingerprint density at radius 3 is 2.51 bits per heavy atom. The molecular formula is C31H35FN6OS2. The largest absolute Gasteiger partial charge is 0.350 e. The number of thiazole rings is 1. The third-order valence-corrected chi connectivity index (χ3v) is 9.61. The Kier molecular flexibility index (Phi) is 8.72. The summed E-state index contributed by atoms with van der Waals surface area (Å²) in [5, 5.41) is 6.87. The number of amides is 1. The van der Waals surface area contributed by atoms with E-state index < -0.39 is 11.7 Å². The molecule has 4 heterocycles. The molecule has 0 atom stereocenters. The van der Waals surface area contributed by atoms with Crippen LogP contribution in [0.25, 0.3) is 0 Å². The first-order chi connectivity index (χ1) is 19.6. The normalized spacial score (nSPS) is 15.4. The van der Waals surface area contributed by atoms with Crippen LogP contribution in [0.4, 0.5) is 15.3 Å². The summed E-state index contributed by atoms with van der Waals surface area (Å²) < 4.78 is 16.4. The van der Waals surface area contributed by atoms with E-state index in [1.165, 1.54) is 34.9 Å². The number of halogens is 1. The van der Waals surface area contributed by atoms with Crippen molar-refractivity contribution in [2.75, 3.05) is 25.0 Å². The fourth-order valence-corrected chi connectivity index (χ4v) is 7.02. The molecule has 1 aliphatic heterocycles. The molecular weight excluding hydrogens is 556 g/mol. The van der Waals surface area contributed by atoms with E-state index in [0.717, 1.165) is 35.7 Å². The van der Waals surface area contributed by atoms with E-state index in [1.54, 1.807) is 18.5 Å². The van der Waals surface area contributed by atoms with E-state index in [0.29, 0.717) is 22.4 Å². The molecule has 1 aromatic carbocycles. The molecule has 0 bridgehead atoms. The molecule has 7 nitrogen and oxygen atoms in total. The third-order valence-electron chi connectivity index (χ3n) is 7.56. The molecule has 3 aromatic heterocycles. The van der Waals surface area contributed by atoms with E-state index in [1.807, 2.05) is 37.3 Å². The SMILES string of the molecule is Cc1ccnc(Nc2ncc(Sc3ccnc(C(=O)NCC4(c5ccccc5)CCN(C(C)(C)C)CC4)c3F)s2)c1. The molecule has 0 aliphatic carbocycles. The van der Waals surface area contributed by atoms with Crippen molar-refractivity contribution in [3.8, 4) is 0 Å². The van der Waals surface area contributed by atoms with E-state index in [9.17, 15) is 4.79 Å². The molecule has 1 saturated heterocycles. The van der Waals surface area contributed by atoms with Gasteiger partial charge in [0.2, 0.25) is 0 Å². The number of anilines is 2. The maximum Gasteiger partial charge on any atom is 0.273 e. The van der Waals surface area contributed by atoms with Gasteiger partial charge in [-0.15, -0.1) is 0 Å². The molecule has 0 unspecified atom stereocenters. The minimum Gasteiger partial charge on any atom is -0.350 e. The average molecular weight is 591 g/mol.